The first-order valence-electron chi connectivity index (χ1n) is 9.25. The Morgan fingerprint density at radius 3 is 2.55 bits per heavy atom. The summed E-state index contributed by atoms with van der Waals surface area (Å²) in [7, 11) is 3.16. The van der Waals surface area contributed by atoms with Gasteiger partial charge in [0, 0.05) is 24.1 Å². The summed E-state index contributed by atoms with van der Waals surface area (Å²) in [5, 5.41) is 3.40. The van der Waals surface area contributed by atoms with E-state index >= 15 is 0 Å². The second-order valence-corrected chi connectivity index (χ2v) is 6.27. The highest BCUT2D eigenvalue weighted by Crippen LogP contribution is 2.27. The van der Waals surface area contributed by atoms with Gasteiger partial charge in [-0.3, -0.25) is 4.79 Å². The predicted octanol–water partition coefficient (Wildman–Crippen LogP) is 3.18. The fourth-order valence-corrected chi connectivity index (χ4v) is 3.04. The Hall–Kier alpha value is -3.48. The van der Waals surface area contributed by atoms with Gasteiger partial charge < -0.3 is 23.9 Å². The summed E-state index contributed by atoms with van der Waals surface area (Å²) in [5.74, 6) is 1.52. The number of rotatable bonds is 8. The van der Waals surface area contributed by atoms with Crippen LogP contribution in [0.15, 0.2) is 51.7 Å². The summed E-state index contributed by atoms with van der Waals surface area (Å²) in [6.07, 6.45) is 0.597. The van der Waals surface area contributed by atoms with Gasteiger partial charge in [0.1, 0.15) is 11.3 Å². The second-order valence-electron chi connectivity index (χ2n) is 6.27. The molecule has 0 spiro atoms. The van der Waals surface area contributed by atoms with E-state index < -0.39 is 5.63 Å². The second kappa shape index (κ2) is 9.14. The van der Waals surface area contributed by atoms with Crippen molar-refractivity contribution in [3.05, 3.63) is 64.0 Å². The number of hydrogen-bond acceptors (Lipinski definition) is 6. The highest BCUT2D eigenvalue weighted by molar-refractivity contribution is 6.05. The topological polar surface area (TPSA) is 87.0 Å². The molecule has 1 N–H and O–H groups in total. The summed E-state index contributed by atoms with van der Waals surface area (Å²) in [6, 6.07) is 11.9. The van der Waals surface area contributed by atoms with E-state index in [9.17, 15) is 9.59 Å². The van der Waals surface area contributed by atoms with E-state index in [-0.39, 0.29) is 11.5 Å². The van der Waals surface area contributed by atoms with E-state index in [2.05, 4.69) is 5.32 Å². The highest BCUT2D eigenvalue weighted by atomic mass is 16.5. The van der Waals surface area contributed by atoms with Gasteiger partial charge in [-0.05, 0) is 43.2 Å². The molecular weight excluding hydrogens is 374 g/mol. The number of nitrogens with one attached hydrogen (secondary N) is 1. The van der Waals surface area contributed by atoms with Gasteiger partial charge in [-0.15, -0.1) is 0 Å². The van der Waals surface area contributed by atoms with Crippen molar-refractivity contribution in [2.24, 2.45) is 0 Å². The van der Waals surface area contributed by atoms with Crippen LogP contribution in [0.4, 0.5) is 0 Å². The van der Waals surface area contributed by atoms with Crippen LogP contribution in [0.3, 0.4) is 0 Å². The molecule has 0 saturated heterocycles. The molecule has 0 radical (unpaired) electrons. The van der Waals surface area contributed by atoms with Crippen LogP contribution in [0, 0.1) is 0 Å². The number of amides is 1. The summed E-state index contributed by atoms with van der Waals surface area (Å²) in [5.41, 5.74) is 0.984. The summed E-state index contributed by atoms with van der Waals surface area (Å²) in [6.45, 7) is 2.75. The van der Waals surface area contributed by atoms with Crippen LogP contribution in [0.5, 0.6) is 17.2 Å². The molecule has 0 bridgehead atoms. The monoisotopic (exact) mass is 397 g/mol. The summed E-state index contributed by atoms with van der Waals surface area (Å²) < 4.78 is 21.2. The van der Waals surface area contributed by atoms with Crippen molar-refractivity contribution in [3.8, 4) is 17.2 Å². The zero-order chi connectivity index (χ0) is 20.8. The van der Waals surface area contributed by atoms with Crippen molar-refractivity contribution in [1.82, 2.24) is 5.32 Å². The first-order chi connectivity index (χ1) is 14.0. The molecule has 152 valence electrons. The van der Waals surface area contributed by atoms with E-state index in [1.165, 1.54) is 6.07 Å². The van der Waals surface area contributed by atoms with Gasteiger partial charge in [0.25, 0.3) is 5.91 Å². The SMILES string of the molecule is CCOc1ccc2c(C(=O)NCCc3ccc(OC)c(OC)c3)cc(=O)oc2c1. The Bertz CT molecular complexity index is 1070. The minimum atomic E-state index is -0.587. The van der Waals surface area contributed by atoms with Crippen molar-refractivity contribution in [3.63, 3.8) is 0 Å². The standard InChI is InChI=1S/C22H23NO6/c1-4-28-15-6-7-16-17(13-21(24)29-19(16)12-15)22(25)23-10-9-14-5-8-18(26-2)20(11-14)27-3/h5-8,11-13H,4,9-10H2,1-3H3,(H,23,25). The normalized spacial score (nSPS) is 10.6. The molecule has 1 aromatic heterocycles. The number of carbonyl (C=O) groups excluding carboxylic acids is 1. The highest BCUT2D eigenvalue weighted by Gasteiger charge is 2.14. The zero-order valence-corrected chi connectivity index (χ0v) is 16.6. The molecule has 0 aliphatic rings. The third-order valence-electron chi connectivity index (χ3n) is 4.42. The average Bonchev–Trinajstić information content (AvgIpc) is 2.72. The maximum atomic E-state index is 12.7. The van der Waals surface area contributed by atoms with E-state index in [0.717, 1.165) is 5.56 Å². The lowest BCUT2D eigenvalue weighted by atomic mass is 10.1. The van der Waals surface area contributed by atoms with Crippen LogP contribution in [0.2, 0.25) is 0 Å². The van der Waals surface area contributed by atoms with Gasteiger partial charge in [0.05, 0.1) is 26.4 Å². The van der Waals surface area contributed by atoms with E-state index in [1.54, 1.807) is 32.4 Å². The number of fused-ring (bicyclic) bond motifs is 1. The molecule has 2 aromatic carbocycles. The molecular formula is C22H23NO6. The quantitative estimate of drug-likeness (QED) is 0.588. The van der Waals surface area contributed by atoms with Gasteiger partial charge in [0.2, 0.25) is 0 Å². The van der Waals surface area contributed by atoms with E-state index in [1.807, 2.05) is 25.1 Å². The first-order valence-corrected chi connectivity index (χ1v) is 9.25. The van der Waals surface area contributed by atoms with Gasteiger partial charge in [-0.25, -0.2) is 4.79 Å². The fraction of sp³-hybridized carbons (Fsp3) is 0.273. The van der Waals surface area contributed by atoms with Crippen LogP contribution < -0.4 is 25.2 Å². The Kier molecular flexibility index (Phi) is 6.39. The Labute approximate surface area is 168 Å². The fourth-order valence-electron chi connectivity index (χ4n) is 3.04. The lowest BCUT2D eigenvalue weighted by Crippen LogP contribution is -2.26. The van der Waals surface area contributed by atoms with Crippen LogP contribution in [-0.2, 0) is 6.42 Å². The molecule has 3 rings (SSSR count). The van der Waals surface area contributed by atoms with E-state index in [0.29, 0.717) is 47.8 Å². The maximum absolute atomic E-state index is 12.7. The van der Waals surface area contributed by atoms with E-state index in [4.69, 9.17) is 18.6 Å². The molecule has 1 amide bonds. The van der Waals surface area contributed by atoms with Crippen molar-refractivity contribution in [2.45, 2.75) is 13.3 Å². The Balaban J connectivity index is 1.74. The van der Waals surface area contributed by atoms with Crippen molar-refractivity contribution >= 4 is 16.9 Å². The molecule has 0 aliphatic heterocycles. The number of benzene rings is 2. The molecule has 3 aromatic rings. The molecule has 0 fully saturated rings. The number of methoxy groups -OCH3 is 2. The van der Waals surface area contributed by atoms with Crippen molar-refractivity contribution in [2.75, 3.05) is 27.4 Å². The number of ether oxygens (including phenoxy) is 3. The minimum Gasteiger partial charge on any atom is -0.494 e. The van der Waals surface area contributed by atoms with Crippen LogP contribution >= 0.6 is 0 Å². The van der Waals surface area contributed by atoms with Crippen LogP contribution in [-0.4, -0.2) is 33.3 Å². The third-order valence-corrected chi connectivity index (χ3v) is 4.42. The minimum absolute atomic E-state index is 0.270. The van der Waals surface area contributed by atoms with Crippen LogP contribution in [0.25, 0.3) is 11.0 Å². The lowest BCUT2D eigenvalue weighted by Gasteiger charge is -2.11. The van der Waals surface area contributed by atoms with Crippen LogP contribution in [0.1, 0.15) is 22.8 Å². The molecule has 0 atom stereocenters. The zero-order valence-electron chi connectivity index (χ0n) is 16.6. The number of carbonyl (C=O) groups is 1. The molecule has 0 unspecified atom stereocenters. The van der Waals surface area contributed by atoms with Gasteiger partial charge in [-0.1, -0.05) is 6.07 Å². The van der Waals surface area contributed by atoms with Crippen molar-refractivity contribution in [1.29, 1.82) is 0 Å². The number of hydrogen-bond donors (Lipinski definition) is 1. The first kappa shape index (κ1) is 20.3. The van der Waals surface area contributed by atoms with Gasteiger partial charge >= 0.3 is 5.63 Å². The van der Waals surface area contributed by atoms with Gasteiger partial charge in [-0.2, -0.15) is 0 Å². The molecule has 1 heterocycles. The largest absolute Gasteiger partial charge is 0.494 e. The predicted molar refractivity (Wildman–Crippen MR) is 109 cm³/mol. The third kappa shape index (κ3) is 4.68. The lowest BCUT2D eigenvalue weighted by molar-refractivity contribution is 0.0955. The van der Waals surface area contributed by atoms with Crippen molar-refractivity contribution < 1.29 is 23.4 Å². The summed E-state index contributed by atoms with van der Waals surface area (Å²) >= 11 is 0. The molecule has 7 heteroatoms. The smallest absolute Gasteiger partial charge is 0.337 e. The average molecular weight is 397 g/mol. The molecule has 29 heavy (non-hydrogen) atoms. The molecule has 7 nitrogen and oxygen atoms in total. The maximum Gasteiger partial charge on any atom is 0.337 e. The summed E-state index contributed by atoms with van der Waals surface area (Å²) in [4.78, 5) is 24.6. The Morgan fingerprint density at radius 1 is 1.03 bits per heavy atom. The molecule has 0 aliphatic carbocycles. The molecule has 0 saturated carbocycles. The van der Waals surface area contributed by atoms with Gasteiger partial charge in [0.15, 0.2) is 11.5 Å². The Morgan fingerprint density at radius 2 is 1.83 bits per heavy atom.